The molecular weight excluding hydrogens is 196 g/mol. The highest BCUT2D eigenvalue weighted by atomic mass is 16.1. The monoisotopic (exact) mass is 218 g/mol. The van der Waals surface area contributed by atoms with Gasteiger partial charge in [-0.15, -0.1) is 0 Å². The van der Waals surface area contributed by atoms with Gasteiger partial charge in [0.2, 0.25) is 0 Å². The van der Waals surface area contributed by atoms with Gasteiger partial charge in [0.1, 0.15) is 0 Å². The van der Waals surface area contributed by atoms with E-state index >= 15 is 0 Å². The van der Waals surface area contributed by atoms with Gasteiger partial charge in [-0.05, 0) is 49.0 Å². The van der Waals surface area contributed by atoms with E-state index < -0.39 is 0 Å². The van der Waals surface area contributed by atoms with Crippen LogP contribution in [0.3, 0.4) is 0 Å². The zero-order valence-electron chi connectivity index (χ0n) is 10.9. The van der Waals surface area contributed by atoms with Crippen LogP contribution in [0.4, 0.5) is 0 Å². The van der Waals surface area contributed by atoms with E-state index in [1.165, 1.54) is 24.8 Å². The Kier molecular flexibility index (Phi) is 1.73. The summed E-state index contributed by atoms with van der Waals surface area (Å²) in [5.41, 5.74) is 1.93. The van der Waals surface area contributed by atoms with E-state index in [0.717, 1.165) is 6.42 Å². The molecule has 3 unspecified atom stereocenters. The lowest BCUT2D eigenvalue weighted by Crippen LogP contribution is -2.51. The molecular formula is C15H22O. The smallest absolute Gasteiger partial charge is 0.162 e. The Morgan fingerprint density at radius 2 is 1.94 bits per heavy atom. The molecule has 2 fully saturated rings. The number of ketones is 1. The summed E-state index contributed by atoms with van der Waals surface area (Å²) in [6.45, 7) is 9.16. The van der Waals surface area contributed by atoms with E-state index in [4.69, 9.17) is 0 Å². The van der Waals surface area contributed by atoms with Crippen LogP contribution in [0.1, 0.15) is 53.4 Å². The van der Waals surface area contributed by atoms with Crippen LogP contribution in [-0.2, 0) is 4.79 Å². The Morgan fingerprint density at radius 1 is 1.25 bits per heavy atom. The van der Waals surface area contributed by atoms with E-state index in [-0.39, 0.29) is 5.41 Å². The van der Waals surface area contributed by atoms with E-state index in [0.29, 0.717) is 22.5 Å². The van der Waals surface area contributed by atoms with Gasteiger partial charge in [0.25, 0.3) is 0 Å². The molecule has 0 aromatic heterocycles. The molecule has 0 aromatic rings. The molecule has 3 aliphatic carbocycles. The second-order valence-electron chi connectivity index (χ2n) is 7.05. The third kappa shape index (κ3) is 0.881. The molecule has 1 nitrogen and oxygen atoms in total. The van der Waals surface area contributed by atoms with Gasteiger partial charge in [-0.2, -0.15) is 0 Å². The Balaban J connectivity index is 2.18. The van der Waals surface area contributed by atoms with Crippen molar-refractivity contribution in [3.8, 4) is 0 Å². The average molecular weight is 218 g/mol. The summed E-state index contributed by atoms with van der Waals surface area (Å²) in [5, 5.41) is 0. The lowest BCUT2D eigenvalue weighted by Gasteiger charge is -2.53. The standard InChI is InChI=1S/C15H22O/c1-10-8-12(16)14(4)7-5-6-13(2,3)15(14)9-11(10)15/h8,11H,5-7,9H2,1-4H3. The van der Waals surface area contributed by atoms with Crippen LogP contribution in [0.15, 0.2) is 11.6 Å². The van der Waals surface area contributed by atoms with Crippen molar-refractivity contribution in [1.82, 2.24) is 0 Å². The highest BCUT2D eigenvalue weighted by Gasteiger charge is 2.75. The van der Waals surface area contributed by atoms with E-state index in [9.17, 15) is 4.79 Å². The summed E-state index contributed by atoms with van der Waals surface area (Å²) in [4.78, 5) is 12.4. The normalized spacial score (nSPS) is 49.1. The first-order chi connectivity index (χ1) is 7.35. The fourth-order valence-electron chi connectivity index (χ4n) is 5.06. The summed E-state index contributed by atoms with van der Waals surface area (Å²) in [7, 11) is 0. The van der Waals surface area contributed by atoms with Gasteiger partial charge in [0, 0.05) is 5.41 Å². The Bertz CT molecular complexity index is 404. The summed E-state index contributed by atoms with van der Waals surface area (Å²) in [6.07, 6.45) is 6.81. The molecule has 88 valence electrons. The van der Waals surface area contributed by atoms with Crippen LogP contribution in [0.25, 0.3) is 0 Å². The molecule has 0 heterocycles. The van der Waals surface area contributed by atoms with Crippen LogP contribution < -0.4 is 0 Å². The van der Waals surface area contributed by atoms with Crippen molar-refractivity contribution in [3.05, 3.63) is 11.6 Å². The van der Waals surface area contributed by atoms with Gasteiger partial charge < -0.3 is 0 Å². The van der Waals surface area contributed by atoms with Crippen LogP contribution in [-0.4, -0.2) is 5.78 Å². The molecule has 0 saturated heterocycles. The van der Waals surface area contributed by atoms with Crippen molar-refractivity contribution in [3.63, 3.8) is 0 Å². The second-order valence-corrected chi connectivity index (χ2v) is 7.05. The highest BCUT2D eigenvalue weighted by molar-refractivity contribution is 5.98. The third-order valence-corrected chi connectivity index (χ3v) is 6.08. The maximum atomic E-state index is 12.4. The van der Waals surface area contributed by atoms with E-state index in [1.807, 2.05) is 6.08 Å². The third-order valence-electron chi connectivity index (χ3n) is 6.08. The minimum atomic E-state index is -0.0566. The maximum Gasteiger partial charge on any atom is 0.162 e. The number of carbonyl (C=O) groups is 1. The molecule has 3 atom stereocenters. The quantitative estimate of drug-likeness (QED) is 0.605. The molecule has 0 aromatic carbocycles. The van der Waals surface area contributed by atoms with E-state index in [1.54, 1.807) is 0 Å². The zero-order chi connectivity index (χ0) is 11.8. The Morgan fingerprint density at radius 3 is 2.62 bits per heavy atom. The van der Waals surface area contributed by atoms with Gasteiger partial charge >= 0.3 is 0 Å². The van der Waals surface area contributed by atoms with Crippen LogP contribution >= 0.6 is 0 Å². The largest absolute Gasteiger partial charge is 0.294 e. The summed E-state index contributed by atoms with van der Waals surface area (Å²) >= 11 is 0. The second kappa shape index (κ2) is 2.63. The molecule has 3 rings (SSSR count). The van der Waals surface area contributed by atoms with Crippen LogP contribution in [0.5, 0.6) is 0 Å². The highest BCUT2D eigenvalue weighted by Crippen LogP contribution is 2.79. The van der Waals surface area contributed by atoms with Crippen molar-refractivity contribution >= 4 is 5.78 Å². The summed E-state index contributed by atoms with van der Waals surface area (Å²) < 4.78 is 0. The minimum absolute atomic E-state index is 0.0566. The first-order valence-corrected chi connectivity index (χ1v) is 6.58. The van der Waals surface area contributed by atoms with Crippen molar-refractivity contribution in [1.29, 1.82) is 0 Å². The van der Waals surface area contributed by atoms with Crippen molar-refractivity contribution in [2.45, 2.75) is 53.4 Å². The molecule has 3 aliphatic rings. The topological polar surface area (TPSA) is 17.1 Å². The lowest BCUT2D eigenvalue weighted by atomic mass is 9.49. The van der Waals surface area contributed by atoms with Crippen molar-refractivity contribution in [2.24, 2.45) is 22.2 Å². The van der Waals surface area contributed by atoms with Gasteiger partial charge in [-0.1, -0.05) is 32.8 Å². The van der Waals surface area contributed by atoms with Crippen molar-refractivity contribution in [2.75, 3.05) is 0 Å². The maximum absolute atomic E-state index is 12.4. The zero-order valence-corrected chi connectivity index (χ0v) is 10.9. The summed E-state index contributed by atoms with van der Waals surface area (Å²) in [5.74, 6) is 1.11. The van der Waals surface area contributed by atoms with Gasteiger partial charge in [-0.25, -0.2) is 0 Å². The van der Waals surface area contributed by atoms with Gasteiger partial charge in [0.05, 0.1) is 0 Å². The molecule has 0 N–H and O–H groups in total. The SMILES string of the molecule is CC1=CC(=O)C2(C)CCCC(C)(C)C23CC13. The molecule has 1 heteroatoms. The Hall–Kier alpha value is -0.590. The van der Waals surface area contributed by atoms with Crippen LogP contribution in [0.2, 0.25) is 0 Å². The fourth-order valence-corrected chi connectivity index (χ4v) is 5.06. The Labute approximate surface area is 98.3 Å². The molecule has 0 aliphatic heterocycles. The minimum Gasteiger partial charge on any atom is -0.294 e. The number of allylic oxidation sites excluding steroid dienone is 2. The number of hydrogen-bond acceptors (Lipinski definition) is 1. The number of rotatable bonds is 0. The molecule has 1 spiro atoms. The lowest BCUT2D eigenvalue weighted by molar-refractivity contribution is -0.138. The average Bonchev–Trinajstić information content (AvgIpc) is 2.90. The van der Waals surface area contributed by atoms with Crippen LogP contribution in [0, 0.1) is 22.2 Å². The first kappa shape index (κ1) is 10.6. The molecule has 0 bridgehead atoms. The molecule has 0 radical (unpaired) electrons. The number of carbonyl (C=O) groups excluding carboxylic acids is 1. The predicted octanol–water partition coefficient (Wildman–Crippen LogP) is 3.74. The van der Waals surface area contributed by atoms with Crippen molar-refractivity contribution < 1.29 is 4.79 Å². The van der Waals surface area contributed by atoms with Gasteiger partial charge in [-0.3, -0.25) is 4.79 Å². The molecule has 0 amide bonds. The first-order valence-electron chi connectivity index (χ1n) is 6.58. The predicted molar refractivity (Wildman–Crippen MR) is 65.0 cm³/mol. The molecule has 16 heavy (non-hydrogen) atoms. The number of hydrogen-bond donors (Lipinski definition) is 0. The fraction of sp³-hybridized carbons (Fsp3) is 0.800. The van der Waals surface area contributed by atoms with E-state index in [2.05, 4.69) is 27.7 Å². The molecule has 2 saturated carbocycles. The van der Waals surface area contributed by atoms with Gasteiger partial charge in [0.15, 0.2) is 5.78 Å². The summed E-state index contributed by atoms with van der Waals surface area (Å²) in [6, 6.07) is 0.